The van der Waals surface area contributed by atoms with Gasteiger partial charge in [0, 0.05) is 42.0 Å². The first-order chi connectivity index (χ1) is 16.3. The number of H-pyrrole nitrogens is 1. The van der Waals surface area contributed by atoms with Crippen LogP contribution in [0.15, 0.2) is 60.8 Å². The lowest BCUT2D eigenvalue weighted by Crippen LogP contribution is -2.58. The van der Waals surface area contributed by atoms with E-state index < -0.39 is 11.6 Å². The maximum Gasteiger partial charge on any atom is 0.245 e. The number of fused-ring (bicyclic) bond motifs is 3. The van der Waals surface area contributed by atoms with Gasteiger partial charge in [0.15, 0.2) is 0 Å². The molecule has 5 rings (SSSR count). The molecule has 1 saturated heterocycles. The molecule has 2 aromatic carbocycles. The number of nitrogens with zero attached hydrogens (tertiary/aromatic N) is 1. The smallest absolute Gasteiger partial charge is 0.245 e. The van der Waals surface area contributed by atoms with Crippen LogP contribution in [0.3, 0.4) is 0 Å². The lowest BCUT2D eigenvalue weighted by molar-refractivity contribution is -0.138. The van der Waals surface area contributed by atoms with Gasteiger partial charge in [0.1, 0.15) is 6.04 Å². The molecule has 0 radical (unpaired) electrons. The SMILES string of the molecule is CC(C)(N)C(=O)NC(Cc1c[nH]c2ccccc12)C(=O)N1CCC2(C=Cc3ccccc32)CC1. The molecule has 6 heteroatoms. The Hall–Kier alpha value is -3.38. The predicted octanol–water partition coefficient (Wildman–Crippen LogP) is 3.52. The van der Waals surface area contributed by atoms with Gasteiger partial charge in [-0.1, -0.05) is 54.6 Å². The van der Waals surface area contributed by atoms with Crippen molar-refractivity contribution in [2.75, 3.05) is 13.1 Å². The van der Waals surface area contributed by atoms with Crippen LogP contribution in [0.1, 0.15) is 43.4 Å². The fourth-order valence-electron chi connectivity index (χ4n) is 5.28. The third kappa shape index (κ3) is 4.03. The summed E-state index contributed by atoms with van der Waals surface area (Å²) in [4.78, 5) is 31.7. The minimum atomic E-state index is -1.07. The highest BCUT2D eigenvalue weighted by Gasteiger charge is 2.40. The summed E-state index contributed by atoms with van der Waals surface area (Å²) in [5, 5.41) is 4.01. The Kier molecular flexibility index (Phi) is 5.56. The maximum atomic E-state index is 13.7. The number of aromatic nitrogens is 1. The lowest BCUT2D eigenvalue weighted by atomic mass is 9.74. The second-order valence-electron chi connectivity index (χ2n) is 10.2. The highest BCUT2D eigenvalue weighted by molar-refractivity contribution is 5.92. The van der Waals surface area contributed by atoms with E-state index in [0.717, 1.165) is 29.3 Å². The Morgan fingerprint density at radius 3 is 2.59 bits per heavy atom. The summed E-state index contributed by atoms with van der Waals surface area (Å²) in [7, 11) is 0. The van der Waals surface area contributed by atoms with E-state index in [1.807, 2.05) is 35.4 Å². The molecule has 0 bridgehead atoms. The topological polar surface area (TPSA) is 91.2 Å². The zero-order valence-corrected chi connectivity index (χ0v) is 19.8. The summed E-state index contributed by atoms with van der Waals surface area (Å²) in [5.74, 6) is -0.375. The van der Waals surface area contributed by atoms with Gasteiger partial charge in [-0.25, -0.2) is 0 Å². The molecule has 1 spiro atoms. The van der Waals surface area contributed by atoms with Crippen LogP contribution < -0.4 is 11.1 Å². The Morgan fingerprint density at radius 1 is 1.12 bits per heavy atom. The van der Waals surface area contributed by atoms with Crippen molar-refractivity contribution in [3.05, 3.63) is 77.5 Å². The molecule has 0 saturated carbocycles. The Labute approximate surface area is 200 Å². The molecule has 1 aliphatic carbocycles. The number of carbonyl (C=O) groups is 2. The van der Waals surface area contributed by atoms with Gasteiger partial charge in [0.2, 0.25) is 11.8 Å². The maximum absolute atomic E-state index is 13.7. The van der Waals surface area contributed by atoms with Crippen LogP contribution in [0, 0.1) is 0 Å². The molecule has 34 heavy (non-hydrogen) atoms. The third-order valence-electron chi connectivity index (χ3n) is 7.33. The number of aromatic amines is 1. The Balaban J connectivity index is 1.35. The predicted molar refractivity (Wildman–Crippen MR) is 135 cm³/mol. The van der Waals surface area contributed by atoms with E-state index in [4.69, 9.17) is 5.73 Å². The number of nitrogens with two attached hydrogens (primary N) is 1. The summed E-state index contributed by atoms with van der Waals surface area (Å²) >= 11 is 0. The van der Waals surface area contributed by atoms with Crippen molar-refractivity contribution in [1.82, 2.24) is 15.2 Å². The van der Waals surface area contributed by atoms with E-state index in [0.29, 0.717) is 19.5 Å². The summed E-state index contributed by atoms with van der Waals surface area (Å²) in [6.07, 6.45) is 8.60. The number of rotatable bonds is 5. The molecule has 1 unspecified atom stereocenters. The third-order valence-corrected chi connectivity index (χ3v) is 7.33. The van der Waals surface area contributed by atoms with Crippen molar-refractivity contribution < 1.29 is 9.59 Å². The minimum absolute atomic E-state index is 0.00219. The second kappa shape index (κ2) is 8.44. The number of hydrogen-bond acceptors (Lipinski definition) is 3. The number of likely N-dealkylation sites (tertiary alicyclic amines) is 1. The molecule has 1 atom stereocenters. The Bertz CT molecular complexity index is 1260. The second-order valence-corrected chi connectivity index (χ2v) is 10.2. The van der Waals surface area contributed by atoms with Crippen LogP contribution in [0.25, 0.3) is 17.0 Å². The summed E-state index contributed by atoms with van der Waals surface area (Å²) in [6, 6.07) is 15.8. The van der Waals surface area contributed by atoms with Crippen molar-refractivity contribution in [3.63, 3.8) is 0 Å². The molecule has 3 aromatic rings. The van der Waals surface area contributed by atoms with Crippen molar-refractivity contribution in [2.45, 2.75) is 50.1 Å². The Morgan fingerprint density at radius 2 is 1.82 bits per heavy atom. The average Bonchev–Trinajstić information content (AvgIpc) is 3.40. The van der Waals surface area contributed by atoms with Crippen molar-refractivity contribution in [1.29, 1.82) is 0 Å². The van der Waals surface area contributed by atoms with Gasteiger partial charge in [-0.2, -0.15) is 0 Å². The van der Waals surface area contributed by atoms with Crippen LogP contribution in [0.4, 0.5) is 0 Å². The zero-order valence-electron chi connectivity index (χ0n) is 19.8. The van der Waals surface area contributed by atoms with Crippen molar-refractivity contribution in [2.24, 2.45) is 5.73 Å². The van der Waals surface area contributed by atoms with Gasteiger partial charge in [-0.3, -0.25) is 9.59 Å². The van der Waals surface area contributed by atoms with E-state index in [-0.39, 0.29) is 17.2 Å². The largest absolute Gasteiger partial charge is 0.361 e. The van der Waals surface area contributed by atoms with Crippen LogP contribution in [0.5, 0.6) is 0 Å². The number of nitrogens with one attached hydrogen (secondary N) is 2. The van der Waals surface area contributed by atoms with Crippen molar-refractivity contribution in [3.8, 4) is 0 Å². The quantitative estimate of drug-likeness (QED) is 0.549. The van der Waals surface area contributed by atoms with E-state index in [1.165, 1.54) is 11.1 Å². The molecule has 1 aromatic heterocycles. The van der Waals surface area contributed by atoms with Gasteiger partial charge in [-0.15, -0.1) is 0 Å². The fourth-order valence-corrected chi connectivity index (χ4v) is 5.28. The first kappa shape index (κ1) is 22.4. The van der Waals surface area contributed by atoms with Crippen LogP contribution >= 0.6 is 0 Å². The number of carbonyl (C=O) groups excluding carboxylic acids is 2. The van der Waals surface area contributed by atoms with E-state index in [1.54, 1.807) is 13.8 Å². The number of benzene rings is 2. The molecule has 2 amide bonds. The molecular formula is C28H32N4O2. The van der Waals surface area contributed by atoms with Gasteiger partial charge in [0.05, 0.1) is 5.54 Å². The van der Waals surface area contributed by atoms with Crippen LogP contribution in [0.2, 0.25) is 0 Å². The molecule has 176 valence electrons. The minimum Gasteiger partial charge on any atom is -0.361 e. The monoisotopic (exact) mass is 456 g/mol. The summed E-state index contributed by atoms with van der Waals surface area (Å²) < 4.78 is 0. The number of piperidine rings is 1. The van der Waals surface area contributed by atoms with E-state index in [2.05, 4.69) is 46.7 Å². The average molecular weight is 457 g/mol. The molecular weight excluding hydrogens is 424 g/mol. The van der Waals surface area contributed by atoms with Crippen molar-refractivity contribution >= 4 is 28.8 Å². The number of allylic oxidation sites excluding steroid dienone is 1. The fraction of sp³-hybridized carbons (Fsp3) is 0.357. The first-order valence-electron chi connectivity index (χ1n) is 12.0. The normalized spacial score (nSPS) is 17.7. The van der Waals surface area contributed by atoms with Gasteiger partial charge in [0.25, 0.3) is 0 Å². The highest BCUT2D eigenvalue weighted by Crippen LogP contribution is 2.43. The van der Waals surface area contributed by atoms with E-state index in [9.17, 15) is 9.59 Å². The zero-order chi connectivity index (χ0) is 23.9. The molecule has 2 heterocycles. The van der Waals surface area contributed by atoms with E-state index >= 15 is 0 Å². The molecule has 1 fully saturated rings. The van der Waals surface area contributed by atoms with Crippen LogP contribution in [-0.4, -0.2) is 46.4 Å². The molecule has 4 N–H and O–H groups in total. The summed E-state index contributed by atoms with van der Waals surface area (Å²) in [6.45, 7) is 4.63. The standard InChI is InChI=1S/C28H32N4O2/c1-27(2,29)26(34)31-24(17-20-18-30-23-10-6-4-8-21(20)23)25(33)32-15-13-28(14-16-32)12-11-19-7-3-5-9-22(19)28/h3-12,18,24,30H,13-17,29H2,1-2H3,(H,31,34). The highest BCUT2D eigenvalue weighted by atomic mass is 16.2. The number of para-hydroxylation sites is 1. The number of amides is 2. The number of hydrogen-bond donors (Lipinski definition) is 3. The molecule has 2 aliphatic rings. The summed E-state index contributed by atoms with van der Waals surface area (Å²) in [5.41, 5.74) is 9.63. The van der Waals surface area contributed by atoms with Gasteiger partial charge in [-0.05, 0) is 49.4 Å². The molecule has 6 nitrogen and oxygen atoms in total. The van der Waals surface area contributed by atoms with Gasteiger partial charge >= 0.3 is 0 Å². The first-order valence-corrected chi connectivity index (χ1v) is 12.0. The van der Waals surface area contributed by atoms with Crippen LogP contribution in [-0.2, 0) is 21.4 Å². The lowest BCUT2D eigenvalue weighted by Gasteiger charge is -2.40. The molecule has 1 aliphatic heterocycles. The van der Waals surface area contributed by atoms with Gasteiger partial charge < -0.3 is 20.9 Å².